The van der Waals surface area contributed by atoms with Gasteiger partial charge in [0.25, 0.3) is 0 Å². The van der Waals surface area contributed by atoms with Crippen LogP contribution in [0.25, 0.3) is 0 Å². The lowest BCUT2D eigenvalue weighted by atomic mass is 10.2. The summed E-state index contributed by atoms with van der Waals surface area (Å²) in [6, 6.07) is 7.66. The highest BCUT2D eigenvalue weighted by Gasteiger charge is 2.10. The van der Waals surface area contributed by atoms with Crippen LogP contribution in [0.1, 0.15) is 26.3 Å². The number of carbonyl (C=O) groups excluding carboxylic acids is 1. The maximum Gasteiger partial charge on any atom is 0.315 e. The number of nitrogens with zero attached hydrogens (tertiary/aromatic N) is 1. The van der Waals surface area contributed by atoms with Crippen molar-refractivity contribution in [3.8, 4) is 0 Å². The fourth-order valence-electron chi connectivity index (χ4n) is 2.11. The zero-order chi connectivity index (χ0) is 15.0. The Balaban J connectivity index is 2.30. The van der Waals surface area contributed by atoms with Crippen molar-refractivity contribution in [3.63, 3.8) is 0 Å². The van der Waals surface area contributed by atoms with Crippen LogP contribution in [0, 0.1) is 0 Å². The molecule has 0 aliphatic carbocycles. The fraction of sp³-hybridized carbons (Fsp3) is 0.533. The van der Waals surface area contributed by atoms with Gasteiger partial charge in [-0.3, -0.25) is 4.90 Å². The fourth-order valence-corrected chi connectivity index (χ4v) is 2.32. The number of urea groups is 1. The van der Waals surface area contributed by atoms with Crippen LogP contribution in [-0.4, -0.2) is 36.6 Å². The zero-order valence-corrected chi connectivity index (χ0v) is 13.2. The van der Waals surface area contributed by atoms with Crippen LogP contribution in [0.5, 0.6) is 0 Å². The molecule has 0 saturated heterocycles. The molecule has 1 aromatic rings. The maximum atomic E-state index is 11.7. The van der Waals surface area contributed by atoms with Gasteiger partial charge in [-0.1, -0.05) is 37.6 Å². The molecular weight excluding hydrogens is 274 g/mol. The molecule has 1 atom stereocenters. The Morgan fingerprint density at radius 2 is 2.00 bits per heavy atom. The molecule has 5 heteroatoms. The Kier molecular flexibility index (Phi) is 7.41. The van der Waals surface area contributed by atoms with Gasteiger partial charge < -0.3 is 10.6 Å². The summed E-state index contributed by atoms with van der Waals surface area (Å²) in [4.78, 5) is 14.0. The minimum absolute atomic E-state index is 0.149. The average Bonchev–Trinajstić information content (AvgIpc) is 2.44. The first-order valence-electron chi connectivity index (χ1n) is 7.07. The van der Waals surface area contributed by atoms with E-state index >= 15 is 0 Å². The van der Waals surface area contributed by atoms with E-state index in [2.05, 4.69) is 36.3 Å². The molecule has 0 fully saturated rings. The van der Waals surface area contributed by atoms with Crippen LogP contribution in [0.15, 0.2) is 24.3 Å². The third-order valence-corrected chi connectivity index (χ3v) is 3.57. The van der Waals surface area contributed by atoms with E-state index in [-0.39, 0.29) is 6.03 Å². The van der Waals surface area contributed by atoms with E-state index in [4.69, 9.17) is 11.6 Å². The topological polar surface area (TPSA) is 44.4 Å². The second-order valence-corrected chi connectivity index (χ2v) is 5.20. The SMILES string of the molecule is CCN(CC)C(C)CNC(=O)NCc1cccc(Cl)c1. The Bertz CT molecular complexity index is 421. The predicted molar refractivity (Wildman–Crippen MR) is 84.1 cm³/mol. The van der Waals surface area contributed by atoms with Crippen molar-refractivity contribution in [2.75, 3.05) is 19.6 Å². The third kappa shape index (κ3) is 5.80. The lowest BCUT2D eigenvalue weighted by Gasteiger charge is -2.26. The van der Waals surface area contributed by atoms with Gasteiger partial charge in [-0.25, -0.2) is 4.79 Å². The standard InChI is InChI=1S/C15H24ClN3O/c1-4-19(5-2)12(3)10-17-15(20)18-11-13-7-6-8-14(16)9-13/h6-9,12H,4-5,10-11H2,1-3H3,(H2,17,18,20). The molecule has 0 saturated carbocycles. The van der Waals surface area contributed by atoms with Gasteiger partial charge in [0.1, 0.15) is 0 Å². The Morgan fingerprint density at radius 3 is 2.60 bits per heavy atom. The second-order valence-electron chi connectivity index (χ2n) is 4.76. The van der Waals surface area contributed by atoms with Gasteiger partial charge in [-0.05, 0) is 37.7 Å². The highest BCUT2D eigenvalue weighted by Crippen LogP contribution is 2.10. The molecule has 1 rings (SSSR count). The first kappa shape index (κ1) is 16.8. The summed E-state index contributed by atoms with van der Waals surface area (Å²) < 4.78 is 0. The summed E-state index contributed by atoms with van der Waals surface area (Å²) in [6.45, 7) is 9.46. The molecule has 112 valence electrons. The van der Waals surface area contributed by atoms with E-state index in [9.17, 15) is 4.79 Å². The van der Waals surface area contributed by atoms with Gasteiger partial charge in [-0.15, -0.1) is 0 Å². The first-order chi connectivity index (χ1) is 9.56. The summed E-state index contributed by atoms with van der Waals surface area (Å²) in [6.07, 6.45) is 0. The summed E-state index contributed by atoms with van der Waals surface area (Å²) in [5, 5.41) is 6.40. The number of hydrogen-bond acceptors (Lipinski definition) is 2. The van der Waals surface area contributed by atoms with Crippen LogP contribution in [-0.2, 0) is 6.54 Å². The number of rotatable bonds is 7. The molecule has 1 unspecified atom stereocenters. The number of likely N-dealkylation sites (N-methyl/N-ethyl adjacent to an activating group) is 1. The molecule has 20 heavy (non-hydrogen) atoms. The monoisotopic (exact) mass is 297 g/mol. The molecule has 2 N–H and O–H groups in total. The molecule has 0 aromatic heterocycles. The summed E-state index contributed by atoms with van der Waals surface area (Å²) in [7, 11) is 0. The molecular formula is C15H24ClN3O. The van der Waals surface area contributed by atoms with E-state index in [1.54, 1.807) is 0 Å². The molecule has 4 nitrogen and oxygen atoms in total. The quantitative estimate of drug-likeness (QED) is 0.813. The first-order valence-corrected chi connectivity index (χ1v) is 7.44. The largest absolute Gasteiger partial charge is 0.337 e. The van der Waals surface area contributed by atoms with Crippen LogP contribution in [0.2, 0.25) is 5.02 Å². The predicted octanol–water partition coefficient (Wildman–Crippen LogP) is 2.87. The van der Waals surface area contributed by atoms with Crippen molar-refractivity contribution in [1.29, 1.82) is 0 Å². The lowest BCUT2D eigenvalue weighted by molar-refractivity contribution is 0.214. The van der Waals surface area contributed by atoms with Gasteiger partial charge >= 0.3 is 6.03 Å². The molecule has 0 spiro atoms. The zero-order valence-electron chi connectivity index (χ0n) is 12.4. The molecule has 2 amide bonds. The van der Waals surface area contributed by atoms with E-state index < -0.39 is 0 Å². The van der Waals surface area contributed by atoms with Crippen molar-refractivity contribution in [3.05, 3.63) is 34.9 Å². The van der Waals surface area contributed by atoms with Crippen molar-refractivity contribution >= 4 is 17.6 Å². The lowest BCUT2D eigenvalue weighted by Crippen LogP contribution is -2.44. The number of carbonyl (C=O) groups is 1. The Hall–Kier alpha value is -1.26. The van der Waals surface area contributed by atoms with Crippen LogP contribution < -0.4 is 10.6 Å². The maximum absolute atomic E-state index is 11.7. The molecule has 1 aromatic carbocycles. The number of amides is 2. The third-order valence-electron chi connectivity index (χ3n) is 3.34. The van der Waals surface area contributed by atoms with Gasteiger partial charge in [0.2, 0.25) is 0 Å². The van der Waals surface area contributed by atoms with Crippen molar-refractivity contribution in [1.82, 2.24) is 15.5 Å². The minimum Gasteiger partial charge on any atom is -0.337 e. The molecule has 0 bridgehead atoms. The van der Waals surface area contributed by atoms with E-state index in [0.29, 0.717) is 24.2 Å². The van der Waals surface area contributed by atoms with Crippen LogP contribution in [0.3, 0.4) is 0 Å². The Labute approximate surface area is 126 Å². The Morgan fingerprint density at radius 1 is 1.30 bits per heavy atom. The number of nitrogens with one attached hydrogen (secondary N) is 2. The molecule has 0 aliphatic heterocycles. The minimum atomic E-state index is -0.149. The molecule has 0 heterocycles. The second kappa shape index (κ2) is 8.82. The molecule has 0 aliphatic rings. The number of halogens is 1. The highest BCUT2D eigenvalue weighted by molar-refractivity contribution is 6.30. The van der Waals surface area contributed by atoms with Gasteiger partial charge in [0, 0.05) is 24.2 Å². The highest BCUT2D eigenvalue weighted by atomic mass is 35.5. The average molecular weight is 298 g/mol. The molecule has 0 radical (unpaired) electrons. The van der Waals surface area contributed by atoms with E-state index in [1.165, 1.54) is 0 Å². The van der Waals surface area contributed by atoms with Crippen molar-refractivity contribution < 1.29 is 4.79 Å². The van der Waals surface area contributed by atoms with Gasteiger partial charge in [0.05, 0.1) is 0 Å². The smallest absolute Gasteiger partial charge is 0.315 e. The van der Waals surface area contributed by atoms with Crippen molar-refractivity contribution in [2.24, 2.45) is 0 Å². The van der Waals surface area contributed by atoms with Crippen LogP contribution >= 0.6 is 11.6 Å². The summed E-state index contributed by atoms with van der Waals surface area (Å²) in [5.74, 6) is 0. The number of hydrogen-bond donors (Lipinski definition) is 2. The van der Waals surface area contributed by atoms with Gasteiger partial charge in [-0.2, -0.15) is 0 Å². The van der Waals surface area contributed by atoms with Crippen molar-refractivity contribution in [2.45, 2.75) is 33.4 Å². The summed E-state index contributed by atoms with van der Waals surface area (Å²) in [5.41, 5.74) is 0.990. The van der Waals surface area contributed by atoms with E-state index in [0.717, 1.165) is 18.7 Å². The summed E-state index contributed by atoms with van der Waals surface area (Å²) >= 11 is 5.90. The van der Waals surface area contributed by atoms with E-state index in [1.807, 2.05) is 24.3 Å². The van der Waals surface area contributed by atoms with Crippen LogP contribution in [0.4, 0.5) is 4.79 Å². The normalized spacial score (nSPS) is 12.2. The van der Waals surface area contributed by atoms with Gasteiger partial charge in [0.15, 0.2) is 0 Å². The number of benzene rings is 1.